The fourth-order valence-corrected chi connectivity index (χ4v) is 6.88. The third kappa shape index (κ3) is 4.80. The Labute approximate surface area is 215 Å². The molecule has 0 bridgehead atoms. The van der Waals surface area contributed by atoms with E-state index < -0.39 is 0 Å². The highest BCUT2D eigenvalue weighted by Gasteiger charge is 2.22. The number of rotatable bonds is 2. The zero-order valence-electron chi connectivity index (χ0n) is 18.7. The van der Waals surface area contributed by atoms with E-state index in [0.29, 0.717) is 0 Å². The summed E-state index contributed by atoms with van der Waals surface area (Å²) < 4.78 is 0. The molecular formula is C29H26N2S3. The van der Waals surface area contributed by atoms with Crippen LogP contribution in [0.3, 0.4) is 0 Å². The first-order valence-corrected chi connectivity index (χ1v) is 13.7. The number of benzene rings is 4. The van der Waals surface area contributed by atoms with E-state index >= 15 is 0 Å². The Morgan fingerprint density at radius 3 is 1.76 bits per heavy atom. The van der Waals surface area contributed by atoms with Crippen LogP contribution in [0.5, 0.6) is 0 Å². The van der Waals surface area contributed by atoms with E-state index in [9.17, 15) is 0 Å². The van der Waals surface area contributed by atoms with Gasteiger partial charge in [0.1, 0.15) is 0 Å². The van der Waals surface area contributed by atoms with Crippen LogP contribution in [0.25, 0.3) is 0 Å². The smallest absolute Gasteiger partial charge is 0.0783 e. The molecule has 170 valence electrons. The van der Waals surface area contributed by atoms with Crippen LogP contribution < -0.4 is 11.1 Å². The van der Waals surface area contributed by atoms with Crippen LogP contribution in [-0.2, 0) is 11.5 Å². The monoisotopic (exact) mass is 498 g/mol. The minimum absolute atomic E-state index is 0.0161. The van der Waals surface area contributed by atoms with Gasteiger partial charge >= 0.3 is 0 Å². The summed E-state index contributed by atoms with van der Waals surface area (Å²) >= 11 is 8.76. The van der Waals surface area contributed by atoms with Crippen LogP contribution in [0.2, 0.25) is 0 Å². The lowest BCUT2D eigenvalue weighted by atomic mass is 9.95. The lowest BCUT2D eigenvalue weighted by Crippen LogP contribution is -2.20. The van der Waals surface area contributed by atoms with Crippen LogP contribution >= 0.6 is 35.7 Å². The maximum absolute atomic E-state index is 6.34. The van der Waals surface area contributed by atoms with Gasteiger partial charge in [0.25, 0.3) is 0 Å². The number of fused-ring (bicyclic) bond motifs is 4. The number of hydrogen-bond acceptors (Lipinski definition) is 4. The average Bonchev–Trinajstić information content (AvgIpc) is 3.14. The summed E-state index contributed by atoms with van der Waals surface area (Å²) in [5.74, 6) is 2.03. The predicted octanol–water partition coefficient (Wildman–Crippen LogP) is 7.27. The maximum Gasteiger partial charge on any atom is 0.0783 e. The lowest BCUT2D eigenvalue weighted by Gasteiger charge is -2.19. The zero-order valence-corrected chi connectivity index (χ0v) is 21.1. The molecule has 0 saturated carbocycles. The largest absolute Gasteiger partial charge is 0.371 e. The first-order chi connectivity index (χ1) is 16.8. The maximum atomic E-state index is 6.34. The van der Waals surface area contributed by atoms with Crippen molar-refractivity contribution in [3.8, 4) is 0 Å². The van der Waals surface area contributed by atoms with Crippen molar-refractivity contribution in [2.24, 2.45) is 5.73 Å². The first-order valence-electron chi connectivity index (χ1n) is 11.3. The van der Waals surface area contributed by atoms with Gasteiger partial charge in [0.2, 0.25) is 0 Å². The molecule has 4 aromatic carbocycles. The highest BCUT2D eigenvalue weighted by atomic mass is 32.2. The normalized spacial score (nSPS) is 17.8. The number of hydrogen-bond donors (Lipinski definition) is 2. The molecule has 5 heteroatoms. The van der Waals surface area contributed by atoms with Crippen molar-refractivity contribution in [1.29, 1.82) is 0 Å². The molecule has 2 atom stereocenters. The van der Waals surface area contributed by atoms with Crippen LogP contribution in [0, 0.1) is 0 Å². The second-order valence-electron chi connectivity index (χ2n) is 8.25. The molecule has 2 unspecified atom stereocenters. The molecule has 2 aliphatic rings. The summed E-state index contributed by atoms with van der Waals surface area (Å²) in [4.78, 5) is 2.65. The van der Waals surface area contributed by atoms with Crippen molar-refractivity contribution in [3.05, 3.63) is 130 Å². The quantitative estimate of drug-likeness (QED) is 0.284. The highest BCUT2D eigenvalue weighted by molar-refractivity contribution is 7.98. The molecule has 0 radical (unpaired) electrons. The number of nitrogens with two attached hydrogens (primary N) is 1. The van der Waals surface area contributed by atoms with Crippen LogP contribution in [-0.4, -0.2) is 5.49 Å². The molecule has 2 nitrogen and oxygen atoms in total. The Morgan fingerprint density at radius 1 is 0.647 bits per heavy atom. The van der Waals surface area contributed by atoms with Gasteiger partial charge in [-0.25, -0.2) is 0 Å². The summed E-state index contributed by atoms with van der Waals surface area (Å²) in [6.07, 6.45) is 0. The van der Waals surface area contributed by atoms with Crippen LogP contribution in [0.15, 0.2) is 107 Å². The number of thiocarbonyl (C=S) groups is 1. The SMILES string of the molecule is NC1c2ccccc2CSc2ccccc21.S=CNC1c2ccccc2CSc2ccccc21. The third-order valence-electron chi connectivity index (χ3n) is 6.24. The van der Waals surface area contributed by atoms with Gasteiger partial charge in [-0.3, -0.25) is 0 Å². The summed E-state index contributed by atoms with van der Waals surface area (Å²) in [6.45, 7) is 0. The lowest BCUT2D eigenvalue weighted by molar-refractivity contribution is 0.760. The Bertz CT molecular complexity index is 1210. The van der Waals surface area contributed by atoms with Gasteiger partial charge in [0.15, 0.2) is 0 Å². The molecule has 0 aromatic heterocycles. The Balaban J connectivity index is 0.000000142. The molecule has 34 heavy (non-hydrogen) atoms. The molecule has 0 saturated heterocycles. The van der Waals surface area contributed by atoms with Gasteiger partial charge in [-0.2, -0.15) is 0 Å². The molecule has 4 aromatic rings. The van der Waals surface area contributed by atoms with E-state index in [2.05, 4.69) is 102 Å². The van der Waals surface area contributed by atoms with Gasteiger partial charge in [-0.1, -0.05) is 97.1 Å². The van der Waals surface area contributed by atoms with Crippen molar-refractivity contribution in [2.45, 2.75) is 33.4 Å². The minimum Gasteiger partial charge on any atom is -0.371 e. The molecule has 0 spiro atoms. The molecule has 0 amide bonds. The highest BCUT2D eigenvalue weighted by Crippen LogP contribution is 2.39. The van der Waals surface area contributed by atoms with Crippen molar-refractivity contribution in [3.63, 3.8) is 0 Å². The van der Waals surface area contributed by atoms with E-state index in [4.69, 9.17) is 18.0 Å². The Kier molecular flexibility index (Phi) is 7.36. The summed E-state index contributed by atoms with van der Waals surface area (Å²) in [5, 5.41) is 3.31. The first kappa shape index (κ1) is 23.2. The molecule has 0 fully saturated rings. The number of thioether (sulfide) groups is 2. The van der Waals surface area contributed by atoms with Gasteiger partial charge in [0.05, 0.1) is 17.6 Å². The zero-order chi connectivity index (χ0) is 23.3. The second-order valence-corrected chi connectivity index (χ2v) is 10.5. The van der Waals surface area contributed by atoms with Crippen LogP contribution in [0.1, 0.15) is 45.5 Å². The van der Waals surface area contributed by atoms with E-state index in [-0.39, 0.29) is 12.1 Å². The van der Waals surface area contributed by atoms with Crippen molar-refractivity contribution >= 4 is 41.2 Å². The molecule has 2 aliphatic heterocycles. The minimum atomic E-state index is 0.0161. The van der Waals surface area contributed by atoms with E-state index in [1.807, 2.05) is 23.5 Å². The second kappa shape index (κ2) is 10.8. The van der Waals surface area contributed by atoms with Gasteiger partial charge in [-0.05, 0) is 45.5 Å². The summed E-state index contributed by atoms with van der Waals surface area (Å²) in [6, 6.07) is 34.2. The fourth-order valence-electron chi connectivity index (χ4n) is 4.53. The van der Waals surface area contributed by atoms with Crippen molar-refractivity contribution < 1.29 is 0 Å². The third-order valence-corrected chi connectivity index (χ3v) is 8.65. The molecule has 3 N–H and O–H groups in total. The molecule has 0 aliphatic carbocycles. The van der Waals surface area contributed by atoms with Crippen molar-refractivity contribution in [1.82, 2.24) is 5.32 Å². The van der Waals surface area contributed by atoms with E-state index in [1.54, 1.807) is 5.49 Å². The Hall–Kier alpha value is -2.57. The van der Waals surface area contributed by atoms with E-state index in [0.717, 1.165) is 11.5 Å². The summed E-state index contributed by atoms with van der Waals surface area (Å²) in [5.41, 5.74) is 15.9. The van der Waals surface area contributed by atoms with E-state index in [1.165, 1.54) is 43.2 Å². The predicted molar refractivity (Wildman–Crippen MR) is 150 cm³/mol. The molecule has 6 rings (SSSR count). The van der Waals surface area contributed by atoms with Gasteiger partial charge in [-0.15, -0.1) is 23.5 Å². The van der Waals surface area contributed by atoms with Crippen molar-refractivity contribution in [2.75, 3.05) is 0 Å². The van der Waals surface area contributed by atoms with Gasteiger partial charge in [0, 0.05) is 21.3 Å². The average molecular weight is 499 g/mol. The summed E-state index contributed by atoms with van der Waals surface area (Å²) in [7, 11) is 0. The van der Waals surface area contributed by atoms with Gasteiger partial charge < -0.3 is 11.1 Å². The fraction of sp³-hybridized carbons (Fsp3) is 0.138. The molecule has 2 heterocycles. The topological polar surface area (TPSA) is 38.0 Å². The number of nitrogens with one attached hydrogen (secondary N) is 1. The Morgan fingerprint density at radius 2 is 1.12 bits per heavy atom. The standard InChI is InChI=1S/C15H13NS2.C14H13NS/c17-10-16-15-12-6-2-1-5-11(12)9-18-14-8-4-3-7-13(14)15;15-14-11-6-2-1-5-10(11)9-16-13-8-4-3-7-12(13)14/h1-8,10,15H,9H2,(H,16,17);1-8,14H,9,15H2. The molecular weight excluding hydrogens is 473 g/mol. The van der Waals surface area contributed by atoms with Crippen LogP contribution in [0.4, 0.5) is 0 Å².